The van der Waals surface area contributed by atoms with Gasteiger partial charge in [0.15, 0.2) is 0 Å². The maximum atomic E-state index is 9.13. The second-order valence-electron chi connectivity index (χ2n) is 4.39. The number of para-hydroxylation sites is 1. The summed E-state index contributed by atoms with van der Waals surface area (Å²) < 4.78 is 5.70. The van der Waals surface area contributed by atoms with Crippen LogP contribution in [-0.2, 0) is 6.61 Å². The Morgan fingerprint density at radius 1 is 1.38 bits per heavy atom. The summed E-state index contributed by atoms with van der Waals surface area (Å²) in [6.45, 7) is 0.568. The first-order valence-corrected chi connectivity index (χ1v) is 5.48. The van der Waals surface area contributed by atoms with Crippen molar-refractivity contribution in [2.24, 2.45) is 5.41 Å². The maximum Gasteiger partial charge on any atom is 0.124 e. The van der Waals surface area contributed by atoms with E-state index in [9.17, 15) is 0 Å². The molecule has 3 heteroatoms. The summed E-state index contributed by atoms with van der Waals surface area (Å²) in [5.41, 5.74) is 0.882. The van der Waals surface area contributed by atoms with Gasteiger partial charge in [-0.2, -0.15) is 5.26 Å². The van der Waals surface area contributed by atoms with Gasteiger partial charge in [-0.3, -0.25) is 0 Å². The Balaban J connectivity index is 1.97. The Hall–Kier alpha value is -1.53. The Morgan fingerprint density at radius 2 is 2.12 bits per heavy atom. The van der Waals surface area contributed by atoms with Crippen molar-refractivity contribution in [3.05, 3.63) is 29.8 Å². The number of nitriles is 1. The van der Waals surface area contributed by atoms with Crippen molar-refractivity contribution < 1.29 is 9.84 Å². The topological polar surface area (TPSA) is 53.2 Å². The number of benzene rings is 1. The molecular weight excluding hydrogens is 202 g/mol. The molecular formula is C13H15NO2. The van der Waals surface area contributed by atoms with Gasteiger partial charge < -0.3 is 9.84 Å². The first-order chi connectivity index (χ1) is 7.79. The molecule has 1 saturated carbocycles. The number of nitrogens with zero attached hydrogens (tertiary/aromatic N) is 1. The van der Waals surface area contributed by atoms with Crippen LogP contribution in [-0.4, -0.2) is 11.7 Å². The van der Waals surface area contributed by atoms with Crippen molar-refractivity contribution in [2.45, 2.75) is 25.9 Å². The zero-order chi connectivity index (χ0) is 11.4. The van der Waals surface area contributed by atoms with Gasteiger partial charge in [-0.15, -0.1) is 0 Å². The van der Waals surface area contributed by atoms with Gasteiger partial charge >= 0.3 is 0 Å². The fourth-order valence-corrected chi connectivity index (χ4v) is 1.72. The monoisotopic (exact) mass is 217 g/mol. The average Bonchev–Trinajstić information content (AvgIpc) is 3.08. The third-order valence-electron chi connectivity index (χ3n) is 3.09. The molecule has 0 bridgehead atoms. The summed E-state index contributed by atoms with van der Waals surface area (Å²) in [6, 6.07) is 9.67. The fraction of sp³-hybridized carbons (Fsp3) is 0.462. The summed E-state index contributed by atoms with van der Waals surface area (Å²) in [4.78, 5) is 0. The molecule has 0 spiro atoms. The number of hydrogen-bond donors (Lipinski definition) is 1. The Kier molecular flexibility index (Phi) is 3.12. The molecule has 0 atom stereocenters. The minimum absolute atomic E-state index is 0.0125. The quantitative estimate of drug-likeness (QED) is 0.823. The van der Waals surface area contributed by atoms with E-state index < -0.39 is 0 Å². The molecule has 0 saturated heterocycles. The van der Waals surface area contributed by atoms with Gasteiger partial charge in [0, 0.05) is 17.4 Å². The van der Waals surface area contributed by atoms with E-state index in [2.05, 4.69) is 6.07 Å². The van der Waals surface area contributed by atoms with E-state index in [4.69, 9.17) is 15.1 Å². The van der Waals surface area contributed by atoms with Crippen LogP contribution in [0.5, 0.6) is 5.75 Å². The van der Waals surface area contributed by atoms with Crippen LogP contribution >= 0.6 is 0 Å². The van der Waals surface area contributed by atoms with Crippen molar-refractivity contribution in [2.75, 3.05) is 6.61 Å². The summed E-state index contributed by atoms with van der Waals surface area (Å²) in [5.74, 6) is 0.731. The highest BCUT2D eigenvalue weighted by atomic mass is 16.5. The Labute approximate surface area is 95.3 Å². The van der Waals surface area contributed by atoms with Crippen molar-refractivity contribution in [1.82, 2.24) is 0 Å². The van der Waals surface area contributed by atoms with Gasteiger partial charge in [-0.25, -0.2) is 0 Å². The van der Waals surface area contributed by atoms with Crippen LogP contribution in [0.3, 0.4) is 0 Å². The summed E-state index contributed by atoms with van der Waals surface area (Å²) in [6.07, 6.45) is 2.71. The highest BCUT2D eigenvalue weighted by Gasteiger charge is 2.43. The van der Waals surface area contributed by atoms with Crippen LogP contribution in [0, 0.1) is 16.7 Å². The SMILES string of the molecule is N#CCC1(COc2ccccc2CO)CC1. The molecule has 0 heterocycles. The molecule has 0 unspecified atom stereocenters. The number of aliphatic hydroxyl groups excluding tert-OH is 1. The Bertz CT molecular complexity index is 405. The lowest BCUT2D eigenvalue weighted by Crippen LogP contribution is -2.13. The van der Waals surface area contributed by atoms with E-state index in [1.54, 1.807) is 0 Å². The van der Waals surface area contributed by atoms with Crippen molar-refractivity contribution >= 4 is 0 Å². The first kappa shape index (κ1) is 11.0. The lowest BCUT2D eigenvalue weighted by Gasteiger charge is -2.14. The molecule has 1 aromatic rings. The zero-order valence-corrected chi connectivity index (χ0v) is 9.15. The molecule has 0 aliphatic heterocycles. The minimum Gasteiger partial charge on any atom is -0.493 e. The molecule has 1 aliphatic rings. The number of aliphatic hydroxyl groups is 1. The third kappa shape index (κ3) is 2.34. The highest BCUT2D eigenvalue weighted by molar-refractivity contribution is 5.32. The van der Waals surface area contributed by atoms with Gasteiger partial charge in [0.2, 0.25) is 0 Å². The van der Waals surface area contributed by atoms with Gasteiger partial charge in [0.1, 0.15) is 5.75 Å². The Morgan fingerprint density at radius 3 is 2.75 bits per heavy atom. The summed E-state index contributed by atoms with van der Waals surface area (Å²) in [7, 11) is 0. The third-order valence-corrected chi connectivity index (χ3v) is 3.09. The second-order valence-corrected chi connectivity index (χ2v) is 4.39. The standard InChI is InChI=1S/C13H15NO2/c14-8-7-13(5-6-13)10-16-12-4-2-1-3-11(12)9-15/h1-4,15H,5-7,9-10H2. The van der Waals surface area contributed by atoms with Crippen LogP contribution in [0.4, 0.5) is 0 Å². The molecule has 16 heavy (non-hydrogen) atoms. The molecule has 0 aromatic heterocycles. The lowest BCUT2D eigenvalue weighted by atomic mass is 10.1. The van der Waals surface area contributed by atoms with Crippen LogP contribution in [0.1, 0.15) is 24.8 Å². The first-order valence-electron chi connectivity index (χ1n) is 5.48. The van der Waals surface area contributed by atoms with Crippen LogP contribution in [0.15, 0.2) is 24.3 Å². The molecule has 1 N–H and O–H groups in total. The molecule has 84 valence electrons. The molecule has 2 rings (SSSR count). The normalized spacial score (nSPS) is 16.5. The van der Waals surface area contributed by atoms with Crippen molar-refractivity contribution in [1.29, 1.82) is 5.26 Å². The van der Waals surface area contributed by atoms with E-state index in [-0.39, 0.29) is 12.0 Å². The summed E-state index contributed by atoms with van der Waals surface area (Å²) in [5, 5.41) is 17.8. The van der Waals surface area contributed by atoms with Gasteiger partial charge in [0.05, 0.1) is 19.3 Å². The predicted molar refractivity (Wildman–Crippen MR) is 59.8 cm³/mol. The van der Waals surface area contributed by atoms with E-state index in [1.165, 1.54) is 0 Å². The summed E-state index contributed by atoms with van der Waals surface area (Å²) >= 11 is 0. The molecule has 0 radical (unpaired) electrons. The van der Waals surface area contributed by atoms with E-state index in [1.807, 2.05) is 24.3 Å². The van der Waals surface area contributed by atoms with Gasteiger partial charge in [-0.1, -0.05) is 18.2 Å². The molecule has 0 amide bonds. The van der Waals surface area contributed by atoms with Gasteiger partial charge in [0.25, 0.3) is 0 Å². The highest BCUT2D eigenvalue weighted by Crippen LogP contribution is 2.48. The molecule has 3 nitrogen and oxygen atoms in total. The molecule has 1 fully saturated rings. The van der Waals surface area contributed by atoms with Crippen molar-refractivity contribution in [3.8, 4) is 11.8 Å². The number of ether oxygens (including phenoxy) is 1. The van der Waals surface area contributed by atoms with Gasteiger partial charge in [-0.05, 0) is 18.9 Å². The van der Waals surface area contributed by atoms with Crippen LogP contribution in [0.2, 0.25) is 0 Å². The predicted octanol–water partition coefficient (Wildman–Crippen LogP) is 2.25. The van der Waals surface area contributed by atoms with E-state index in [0.29, 0.717) is 13.0 Å². The zero-order valence-electron chi connectivity index (χ0n) is 9.15. The molecule has 1 aliphatic carbocycles. The van der Waals surface area contributed by atoms with Crippen molar-refractivity contribution in [3.63, 3.8) is 0 Å². The van der Waals surface area contributed by atoms with E-state index >= 15 is 0 Å². The number of hydrogen-bond acceptors (Lipinski definition) is 3. The minimum atomic E-state index is -0.0125. The lowest BCUT2D eigenvalue weighted by molar-refractivity contribution is 0.223. The van der Waals surface area contributed by atoms with Crippen LogP contribution in [0.25, 0.3) is 0 Å². The fourth-order valence-electron chi connectivity index (χ4n) is 1.72. The number of rotatable bonds is 5. The molecule has 1 aromatic carbocycles. The maximum absolute atomic E-state index is 9.13. The smallest absolute Gasteiger partial charge is 0.124 e. The van der Waals surface area contributed by atoms with E-state index in [0.717, 1.165) is 24.2 Å². The average molecular weight is 217 g/mol. The van der Waals surface area contributed by atoms with Crippen LogP contribution < -0.4 is 4.74 Å². The second kappa shape index (κ2) is 4.54. The largest absolute Gasteiger partial charge is 0.493 e.